The summed E-state index contributed by atoms with van der Waals surface area (Å²) in [6.45, 7) is 3.76. The zero-order valence-corrected chi connectivity index (χ0v) is 20.9. The van der Waals surface area contributed by atoms with E-state index in [1.54, 1.807) is 32.8 Å². The lowest BCUT2D eigenvalue weighted by atomic mass is 9.99. The predicted octanol–water partition coefficient (Wildman–Crippen LogP) is 5.10. The van der Waals surface area contributed by atoms with Crippen LogP contribution in [0, 0.1) is 13.8 Å². The molecule has 5 aromatic rings. The Kier molecular flexibility index (Phi) is 6.26. The van der Waals surface area contributed by atoms with Crippen LogP contribution in [-0.4, -0.2) is 45.0 Å². The Balaban J connectivity index is 1.46. The SMILES string of the molecule is COc1ccc(-c2cnc3nc(NC(=O)c4cnc(C)cc4-c4cc(C)ncc4OC)sc3n2)cc1. The molecule has 0 aliphatic rings. The number of hydrogen-bond acceptors (Lipinski definition) is 9. The number of carbonyl (C=O) groups excluding carboxylic acids is 1. The van der Waals surface area contributed by atoms with Gasteiger partial charge in [-0.3, -0.25) is 20.1 Å². The number of nitrogens with one attached hydrogen (secondary N) is 1. The third-order valence-electron chi connectivity index (χ3n) is 5.53. The Hall–Kier alpha value is -4.44. The van der Waals surface area contributed by atoms with Crippen molar-refractivity contribution in [1.82, 2.24) is 24.9 Å². The van der Waals surface area contributed by atoms with E-state index in [0.29, 0.717) is 38.2 Å². The predicted molar refractivity (Wildman–Crippen MR) is 139 cm³/mol. The summed E-state index contributed by atoms with van der Waals surface area (Å²) in [6.07, 6.45) is 4.86. The number of amides is 1. The fourth-order valence-electron chi connectivity index (χ4n) is 3.72. The summed E-state index contributed by atoms with van der Waals surface area (Å²) in [4.78, 5) is 36.1. The van der Waals surface area contributed by atoms with Gasteiger partial charge in [-0.05, 0) is 50.2 Å². The first-order valence-corrected chi connectivity index (χ1v) is 11.8. The molecule has 1 N–H and O–H groups in total. The molecular weight excluding hydrogens is 476 g/mol. The van der Waals surface area contributed by atoms with Gasteiger partial charge < -0.3 is 9.47 Å². The normalized spacial score (nSPS) is 10.9. The second kappa shape index (κ2) is 9.67. The van der Waals surface area contributed by atoms with E-state index in [1.165, 1.54) is 11.3 Å². The van der Waals surface area contributed by atoms with Crippen LogP contribution in [-0.2, 0) is 0 Å². The number of pyridine rings is 2. The maximum atomic E-state index is 13.3. The highest BCUT2D eigenvalue weighted by Crippen LogP contribution is 2.34. The smallest absolute Gasteiger partial charge is 0.259 e. The molecule has 1 amide bonds. The molecule has 0 spiro atoms. The van der Waals surface area contributed by atoms with Crippen molar-refractivity contribution in [1.29, 1.82) is 0 Å². The van der Waals surface area contributed by atoms with Crippen LogP contribution in [0.3, 0.4) is 0 Å². The fraction of sp³-hybridized carbons (Fsp3) is 0.154. The number of rotatable bonds is 6. The lowest BCUT2D eigenvalue weighted by Gasteiger charge is -2.13. The van der Waals surface area contributed by atoms with Crippen molar-refractivity contribution in [3.63, 3.8) is 0 Å². The molecule has 0 aliphatic heterocycles. The second-order valence-corrected chi connectivity index (χ2v) is 8.96. The summed E-state index contributed by atoms with van der Waals surface area (Å²) in [5.74, 6) is 0.989. The van der Waals surface area contributed by atoms with Crippen LogP contribution >= 0.6 is 11.3 Å². The third kappa shape index (κ3) is 4.58. The molecule has 0 unspecified atom stereocenters. The molecule has 0 aliphatic carbocycles. The quantitative estimate of drug-likeness (QED) is 0.344. The van der Waals surface area contributed by atoms with Crippen molar-refractivity contribution in [2.24, 2.45) is 0 Å². The van der Waals surface area contributed by atoms with Crippen molar-refractivity contribution in [3.05, 3.63) is 71.9 Å². The van der Waals surface area contributed by atoms with Crippen LogP contribution in [0.5, 0.6) is 11.5 Å². The number of methoxy groups -OCH3 is 2. The minimum absolute atomic E-state index is 0.344. The van der Waals surface area contributed by atoms with Gasteiger partial charge in [-0.1, -0.05) is 11.3 Å². The van der Waals surface area contributed by atoms with Gasteiger partial charge in [0.15, 0.2) is 15.6 Å². The van der Waals surface area contributed by atoms with Crippen LogP contribution in [0.15, 0.2) is 55.0 Å². The first kappa shape index (κ1) is 23.3. The Labute approximate surface area is 211 Å². The van der Waals surface area contributed by atoms with E-state index in [9.17, 15) is 4.79 Å². The molecule has 0 atom stereocenters. The minimum Gasteiger partial charge on any atom is -0.497 e. The molecular formula is C26H22N6O3S. The molecule has 180 valence electrons. The minimum atomic E-state index is -0.344. The number of benzene rings is 1. The average molecular weight is 499 g/mol. The highest BCUT2D eigenvalue weighted by molar-refractivity contribution is 7.21. The topological polar surface area (TPSA) is 112 Å². The fourth-order valence-corrected chi connectivity index (χ4v) is 4.52. The van der Waals surface area contributed by atoms with Gasteiger partial charge in [0, 0.05) is 34.3 Å². The number of carbonyl (C=O) groups is 1. The van der Waals surface area contributed by atoms with E-state index >= 15 is 0 Å². The summed E-state index contributed by atoms with van der Waals surface area (Å²) in [7, 11) is 3.20. The van der Waals surface area contributed by atoms with E-state index in [2.05, 4.69) is 30.2 Å². The Bertz CT molecular complexity index is 1580. The van der Waals surface area contributed by atoms with Gasteiger partial charge in [-0.25, -0.2) is 9.97 Å². The summed E-state index contributed by atoms with van der Waals surface area (Å²) in [6, 6.07) is 11.3. The lowest BCUT2D eigenvalue weighted by molar-refractivity contribution is 0.102. The van der Waals surface area contributed by atoms with E-state index in [1.807, 2.05) is 50.2 Å². The Morgan fingerprint density at radius 2 is 1.58 bits per heavy atom. The van der Waals surface area contributed by atoms with E-state index in [-0.39, 0.29) is 5.91 Å². The molecule has 1 aromatic carbocycles. The summed E-state index contributed by atoms with van der Waals surface area (Å²) < 4.78 is 10.7. The molecule has 0 fully saturated rings. The molecule has 0 saturated carbocycles. The molecule has 4 heterocycles. The standard InChI is InChI=1S/C26H22N6O3S/c1-14-9-18(19-10-15(2)28-13-22(19)35-4)20(11-27-14)24(33)32-26-31-23-25(36-26)30-21(12-29-23)16-5-7-17(34-3)8-6-16/h5-13H,1-4H3,(H,29,31,32,33). The van der Waals surface area contributed by atoms with Crippen LogP contribution < -0.4 is 14.8 Å². The van der Waals surface area contributed by atoms with Crippen LogP contribution in [0.25, 0.3) is 32.9 Å². The largest absolute Gasteiger partial charge is 0.497 e. The van der Waals surface area contributed by atoms with E-state index in [0.717, 1.165) is 28.3 Å². The van der Waals surface area contributed by atoms with Crippen molar-refractivity contribution < 1.29 is 14.3 Å². The molecule has 36 heavy (non-hydrogen) atoms. The number of fused-ring (bicyclic) bond motifs is 1. The van der Waals surface area contributed by atoms with Crippen molar-refractivity contribution in [2.75, 3.05) is 19.5 Å². The molecule has 4 aromatic heterocycles. The number of aryl methyl sites for hydroxylation is 2. The number of aromatic nitrogens is 5. The monoisotopic (exact) mass is 498 g/mol. The number of hydrogen-bond donors (Lipinski definition) is 1. The molecule has 0 saturated heterocycles. The number of nitrogens with zero attached hydrogens (tertiary/aromatic N) is 5. The first-order valence-electron chi connectivity index (χ1n) is 11.0. The van der Waals surface area contributed by atoms with Gasteiger partial charge in [0.05, 0.1) is 37.9 Å². The van der Waals surface area contributed by atoms with E-state index in [4.69, 9.17) is 9.47 Å². The number of anilines is 1. The first-order chi connectivity index (χ1) is 17.4. The maximum absolute atomic E-state index is 13.3. The third-order valence-corrected chi connectivity index (χ3v) is 6.38. The van der Waals surface area contributed by atoms with Gasteiger partial charge in [-0.2, -0.15) is 4.98 Å². The van der Waals surface area contributed by atoms with Gasteiger partial charge in [0.25, 0.3) is 5.91 Å². The van der Waals surface area contributed by atoms with Crippen molar-refractivity contribution in [3.8, 4) is 33.9 Å². The summed E-state index contributed by atoms with van der Waals surface area (Å²) in [5.41, 5.74) is 5.50. The zero-order valence-electron chi connectivity index (χ0n) is 20.1. The van der Waals surface area contributed by atoms with Crippen molar-refractivity contribution >= 4 is 32.9 Å². The van der Waals surface area contributed by atoms with Crippen LogP contribution in [0.2, 0.25) is 0 Å². The highest BCUT2D eigenvalue weighted by atomic mass is 32.1. The number of thiazole rings is 1. The molecule has 0 radical (unpaired) electrons. The van der Waals surface area contributed by atoms with Crippen molar-refractivity contribution in [2.45, 2.75) is 13.8 Å². The average Bonchev–Trinajstić information content (AvgIpc) is 3.30. The summed E-state index contributed by atoms with van der Waals surface area (Å²) in [5, 5.41) is 3.27. The van der Waals surface area contributed by atoms with Crippen LogP contribution in [0.1, 0.15) is 21.7 Å². The van der Waals surface area contributed by atoms with Gasteiger partial charge in [-0.15, -0.1) is 0 Å². The second-order valence-electron chi connectivity index (χ2n) is 7.98. The molecule has 0 bridgehead atoms. The zero-order chi connectivity index (χ0) is 25.2. The van der Waals surface area contributed by atoms with Crippen LogP contribution in [0.4, 0.5) is 5.13 Å². The highest BCUT2D eigenvalue weighted by Gasteiger charge is 2.19. The molecule has 10 heteroatoms. The Morgan fingerprint density at radius 1 is 0.861 bits per heavy atom. The van der Waals surface area contributed by atoms with Gasteiger partial charge >= 0.3 is 0 Å². The maximum Gasteiger partial charge on any atom is 0.259 e. The Morgan fingerprint density at radius 3 is 2.31 bits per heavy atom. The van der Waals surface area contributed by atoms with E-state index < -0.39 is 0 Å². The van der Waals surface area contributed by atoms with Gasteiger partial charge in [0.1, 0.15) is 11.5 Å². The van der Waals surface area contributed by atoms with Gasteiger partial charge in [0.2, 0.25) is 0 Å². The summed E-state index contributed by atoms with van der Waals surface area (Å²) >= 11 is 1.26. The molecule has 9 nitrogen and oxygen atoms in total. The molecule has 5 rings (SSSR count). The lowest BCUT2D eigenvalue weighted by Crippen LogP contribution is -2.14. The number of ether oxygens (including phenoxy) is 2.